The van der Waals surface area contributed by atoms with Crippen molar-refractivity contribution in [2.45, 2.75) is 37.7 Å². The molecule has 0 amide bonds. The first-order chi connectivity index (χ1) is 29.5. The number of methoxy groups -OCH3 is 2. The van der Waals surface area contributed by atoms with Crippen LogP contribution in [0.5, 0.6) is 17.2 Å². The summed E-state index contributed by atoms with van der Waals surface area (Å²) in [5.41, 5.74) is 12.3. The highest BCUT2D eigenvalue weighted by Gasteiger charge is 2.47. The minimum absolute atomic E-state index is 0.184. The molecule has 0 bridgehead atoms. The lowest BCUT2D eigenvalue weighted by molar-refractivity contribution is 0.122. The quantitative estimate of drug-likeness (QED) is 0.153. The lowest BCUT2D eigenvalue weighted by atomic mass is 9.71. The van der Waals surface area contributed by atoms with E-state index in [0.717, 1.165) is 104 Å². The first-order valence-corrected chi connectivity index (χ1v) is 21.2. The summed E-state index contributed by atoms with van der Waals surface area (Å²) >= 11 is 0. The van der Waals surface area contributed by atoms with Crippen LogP contribution in [0.25, 0.3) is 61.0 Å². The molecule has 11 rings (SSSR count). The van der Waals surface area contributed by atoms with Crippen LogP contribution in [-0.4, -0.2) is 40.5 Å². The van der Waals surface area contributed by atoms with Crippen molar-refractivity contribution >= 4 is 44.5 Å². The first kappa shape index (κ1) is 36.6. The number of rotatable bonds is 8. The Kier molecular flexibility index (Phi) is 8.57. The van der Waals surface area contributed by atoms with Gasteiger partial charge in [-0.3, -0.25) is 0 Å². The molecule has 1 unspecified atom stereocenters. The highest BCUT2D eigenvalue weighted by molar-refractivity contribution is 6.11. The molecule has 0 spiro atoms. The number of hydrogen-bond acceptors (Lipinski definition) is 6. The minimum Gasteiger partial charge on any atom is -0.497 e. The van der Waals surface area contributed by atoms with E-state index in [1.54, 1.807) is 14.2 Å². The molecule has 1 atom stereocenters. The van der Waals surface area contributed by atoms with Gasteiger partial charge < -0.3 is 28.3 Å². The number of anilines is 1. The van der Waals surface area contributed by atoms with Crippen molar-refractivity contribution in [2.75, 3.05) is 45.4 Å². The predicted octanol–water partition coefficient (Wildman–Crippen LogP) is 12.7. The number of benzene rings is 7. The van der Waals surface area contributed by atoms with Crippen LogP contribution in [0, 0.1) is 0 Å². The Balaban J connectivity index is 1.15. The average molecular weight is 790 g/mol. The Morgan fingerprint density at radius 1 is 0.667 bits per heavy atom. The zero-order valence-electron chi connectivity index (χ0n) is 34.5. The maximum atomic E-state index is 7.79. The monoisotopic (exact) mass is 789 g/mol. The zero-order valence-corrected chi connectivity index (χ0v) is 34.5. The molecule has 1 aromatic heterocycles. The number of ether oxygens (including phenoxy) is 4. The maximum absolute atomic E-state index is 7.79. The van der Waals surface area contributed by atoms with Gasteiger partial charge in [-0.15, -0.1) is 0 Å². The fraction of sp³-hybridized carbons (Fsp3) is 0.222. The number of furan rings is 1. The third kappa shape index (κ3) is 5.23. The van der Waals surface area contributed by atoms with Gasteiger partial charge in [-0.1, -0.05) is 117 Å². The van der Waals surface area contributed by atoms with Gasteiger partial charge in [0.05, 0.1) is 33.1 Å². The smallest absolute Gasteiger partial charge is 0.178 e. The summed E-state index contributed by atoms with van der Waals surface area (Å²) in [6, 6.07) is 45.4. The largest absolute Gasteiger partial charge is 0.497 e. The Morgan fingerprint density at radius 2 is 1.37 bits per heavy atom. The van der Waals surface area contributed by atoms with E-state index in [4.69, 9.17) is 23.4 Å². The van der Waals surface area contributed by atoms with Gasteiger partial charge in [-0.25, -0.2) is 0 Å². The second-order valence-electron chi connectivity index (χ2n) is 16.3. The summed E-state index contributed by atoms with van der Waals surface area (Å²) in [4.78, 5) is 2.40. The summed E-state index contributed by atoms with van der Waals surface area (Å²) in [5, 5.41) is 4.44. The number of fused-ring (bicyclic) bond motifs is 11. The van der Waals surface area contributed by atoms with E-state index in [0.29, 0.717) is 13.2 Å². The third-order valence-corrected chi connectivity index (χ3v) is 13.6. The molecule has 3 aliphatic rings. The second-order valence-corrected chi connectivity index (χ2v) is 16.3. The van der Waals surface area contributed by atoms with Gasteiger partial charge in [-0.05, 0) is 82.5 Å². The highest BCUT2D eigenvalue weighted by Crippen LogP contribution is 2.61. The zero-order chi connectivity index (χ0) is 40.6. The molecule has 60 heavy (non-hydrogen) atoms. The normalized spacial score (nSPS) is 17.7. The molecule has 0 saturated carbocycles. The summed E-state index contributed by atoms with van der Waals surface area (Å²) in [5.74, 6) is 2.48. The summed E-state index contributed by atoms with van der Waals surface area (Å²) in [6.07, 6.45) is 6.55. The molecule has 0 radical (unpaired) electrons. The molecule has 6 nitrogen and oxygen atoms in total. The number of nitrogens with zero attached hydrogens (tertiary/aromatic N) is 1. The molecule has 3 heterocycles. The molecular weight excluding hydrogens is 743 g/mol. The van der Waals surface area contributed by atoms with Crippen molar-refractivity contribution < 1.29 is 23.4 Å². The van der Waals surface area contributed by atoms with Crippen molar-refractivity contribution in [1.82, 2.24) is 0 Å². The topological polar surface area (TPSA) is 53.3 Å². The van der Waals surface area contributed by atoms with Gasteiger partial charge in [0.2, 0.25) is 0 Å². The van der Waals surface area contributed by atoms with Gasteiger partial charge in [0.15, 0.2) is 5.60 Å². The van der Waals surface area contributed by atoms with Crippen molar-refractivity contribution in [1.29, 1.82) is 0 Å². The van der Waals surface area contributed by atoms with Crippen LogP contribution < -0.4 is 19.1 Å². The minimum atomic E-state index is -0.965. The van der Waals surface area contributed by atoms with Crippen LogP contribution in [0.15, 0.2) is 138 Å². The summed E-state index contributed by atoms with van der Waals surface area (Å²) < 4.78 is 32.0. The molecule has 7 aromatic carbocycles. The van der Waals surface area contributed by atoms with Crippen molar-refractivity contribution in [3.8, 4) is 39.5 Å². The SMILES string of the molecule is CCC1(CC)c2ccccc2-c2c1c1c(c3cc(OC)c(N4CCOCC4)cc23)OC(c2ccc(OC)cc2)(c2ccc(-c3cccc4c3oc3ccccc34)cc2)C=C1. The first-order valence-electron chi connectivity index (χ1n) is 21.2. The molecule has 1 saturated heterocycles. The Labute approximate surface area is 350 Å². The van der Waals surface area contributed by atoms with Gasteiger partial charge in [0.1, 0.15) is 28.4 Å². The van der Waals surface area contributed by atoms with Crippen molar-refractivity contribution in [2.24, 2.45) is 0 Å². The van der Waals surface area contributed by atoms with Gasteiger partial charge in [0.25, 0.3) is 0 Å². The molecule has 6 heteroatoms. The van der Waals surface area contributed by atoms with Crippen molar-refractivity contribution in [3.05, 3.63) is 161 Å². The molecule has 1 fully saturated rings. The molecule has 1 aliphatic carbocycles. The van der Waals surface area contributed by atoms with Crippen LogP contribution in [0.3, 0.4) is 0 Å². The fourth-order valence-electron chi connectivity index (χ4n) is 10.6. The van der Waals surface area contributed by atoms with Gasteiger partial charge in [0, 0.05) is 56.9 Å². The van der Waals surface area contributed by atoms with Crippen LogP contribution in [0.2, 0.25) is 0 Å². The molecule has 2 aliphatic heterocycles. The highest BCUT2D eigenvalue weighted by atomic mass is 16.5. The number of hydrogen-bond donors (Lipinski definition) is 0. The van der Waals surface area contributed by atoms with E-state index in [1.807, 2.05) is 24.3 Å². The molecule has 0 N–H and O–H groups in total. The second kappa shape index (κ2) is 14.1. The van der Waals surface area contributed by atoms with Gasteiger partial charge in [-0.2, -0.15) is 0 Å². The Morgan fingerprint density at radius 3 is 2.12 bits per heavy atom. The lowest BCUT2D eigenvalue weighted by Gasteiger charge is -2.39. The van der Waals surface area contributed by atoms with E-state index in [1.165, 1.54) is 27.6 Å². The Hall–Kier alpha value is -6.50. The third-order valence-electron chi connectivity index (χ3n) is 13.6. The van der Waals surface area contributed by atoms with Crippen LogP contribution >= 0.6 is 0 Å². The summed E-state index contributed by atoms with van der Waals surface area (Å²) in [6.45, 7) is 7.65. The van der Waals surface area contributed by atoms with E-state index in [9.17, 15) is 0 Å². The predicted molar refractivity (Wildman–Crippen MR) is 243 cm³/mol. The lowest BCUT2D eigenvalue weighted by Crippen LogP contribution is -2.36. The molecular formula is C54H47NO5. The standard InChI is InChI=1S/C54H47NO5/c1-5-53(6-2)45-16-9-7-13-41(45)49-43-32-46(55-28-30-58-31-29-55)48(57-4)33-44(43)52-42(50(49)53)26-27-54(60-52,36-22-24-37(56-3)25-23-36)35-20-18-34(19-21-35)38-14-11-15-40-39-12-8-10-17-47(39)59-51(38)40/h7-27,32-33H,5-6,28-31H2,1-4H3. The summed E-state index contributed by atoms with van der Waals surface area (Å²) in [7, 11) is 3.48. The van der Waals surface area contributed by atoms with E-state index in [2.05, 4.69) is 134 Å². The van der Waals surface area contributed by atoms with Crippen molar-refractivity contribution in [3.63, 3.8) is 0 Å². The van der Waals surface area contributed by atoms with Crippen LogP contribution in [0.4, 0.5) is 5.69 Å². The molecule has 8 aromatic rings. The number of morpholine rings is 1. The van der Waals surface area contributed by atoms with Gasteiger partial charge >= 0.3 is 0 Å². The van der Waals surface area contributed by atoms with E-state index < -0.39 is 5.60 Å². The molecule has 298 valence electrons. The van der Waals surface area contributed by atoms with Crippen LogP contribution in [-0.2, 0) is 15.8 Å². The average Bonchev–Trinajstić information content (AvgIpc) is 3.85. The van der Waals surface area contributed by atoms with E-state index >= 15 is 0 Å². The van der Waals surface area contributed by atoms with Crippen LogP contribution in [0.1, 0.15) is 54.5 Å². The van der Waals surface area contributed by atoms with E-state index in [-0.39, 0.29) is 5.41 Å². The fourth-order valence-corrected chi connectivity index (χ4v) is 10.6. The Bertz CT molecular complexity index is 2990. The number of para-hydroxylation sites is 2. The maximum Gasteiger partial charge on any atom is 0.178 e.